The minimum Gasteiger partial charge on any atom is -0.377 e. The van der Waals surface area contributed by atoms with Crippen molar-refractivity contribution in [3.05, 3.63) is 45.5 Å². The van der Waals surface area contributed by atoms with Gasteiger partial charge in [0.05, 0.1) is 30.6 Å². The van der Waals surface area contributed by atoms with E-state index in [1.807, 2.05) is 13.8 Å². The molecule has 1 N–H and O–H groups in total. The summed E-state index contributed by atoms with van der Waals surface area (Å²) in [5, 5.41) is 3.93. The number of amides is 1. The summed E-state index contributed by atoms with van der Waals surface area (Å²) in [5.41, 5.74) is 0.985. The maximum atomic E-state index is 12.8. The lowest BCUT2D eigenvalue weighted by Crippen LogP contribution is -2.44. The van der Waals surface area contributed by atoms with Crippen molar-refractivity contribution in [2.24, 2.45) is 0 Å². The fourth-order valence-electron chi connectivity index (χ4n) is 2.67. The molecule has 1 fully saturated rings. The molecule has 0 aromatic carbocycles. The molecule has 8 heteroatoms. The SMILES string of the molecule is Cc1nc(C2COCCN2C(=O)c2cc(C(C)C)no2)cc(=O)[nH]1. The normalized spacial score (nSPS) is 18.2. The molecule has 24 heavy (non-hydrogen) atoms. The lowest BCUT2D eigenvalue weighted by atomic mass is 10.1. The van der Waals surface area contributed by atoms with Crippen LogP contribution < -0.4 is 5.56 Å². The van der Waals surface area contributed by atoms with Crippen LogP contribution in [0.3, 0.4) is 0 Å². The van der Waals surface area contributed by atoms with Gasteiger partial charge in [0.1, 0.15) is 5.82 Å². The Morgan fingerprint density at radius 2 is 2.21 bits per heavy atom. The average Bonchev–Trinajstić information content (AvgIpc) is 3.03. The molecule has 1 unspecified atom stereocenters. The van der Waals surface area contributed by atoms with Crippen LogP contribution in [0.5, 0.6) is 0 Å². The number of aromatic nitrogens is 3. The summed E-state index contributed by atoms with van der Waals surface area (Å²) >= 11 is 0. The second kappa shape index (κ2) is 6.56. The predicted molar refractivity (Wildman–Crippen MR) is 84.8 cm³/mol. The van der Waals surface area contributed by atoms with Crippen LogP contribution in [0, 0.1) is 6.92 Å². The molecule has 2 aromatic heterocycles. The molecule has 2 aromatic rings. The van der Waals surface area contributed by atoms with Crippen molar-refractivity contribution in [1.82, 2.24) is 20.0 Å². The minimum absolute atomic E-state index is 0.174. The Balaban J connectivity index is 1.91. The molecule has 3 heterocycles. The summed E-state index contributed by atoms with van der Waals surface area (Å²) in [6.07, 6.45) is 0. The predicted octanol–water partition coefficient (Wildman–Crippen LogP) is 1.40. The first-order valence-corrected chi connectivity index (χ1v) is 7.89. The number of ether oxygens (including phenoxy) is 1. The van der Waals surface area contributed by atoms with Gasteiger partial charge in [-0.05, 0) is 12.8 Å². The van der Waals surface area contributed by atoms with Crippen LogP contribution in [0.25, 0.3) is 0 Å². The number of H-pyrrole nitrogens is 1. The molecule has 1 saturated heterocycles. The molecular weight excluding hydrogens is 312 g/mol. The fourth-order valence-corrected chi connectivity index (χ4v) is 2.67. The van der Waals surface area contributed by atoms with E-state index in [2.05, 4.69) is 15.1 Å². The molecule has 3 rings (SSSR count). The third kappa shape index (κ3) is 3.23. The summed E-state index contributed by atoms with van der Waals surface area (Å²) in [5.74, 6) is 0.583. The maximum Gasteiger partial charge on any atom is 0.293 e. The van der Waals surface area contributed by atoms with E-state index in [1.165, 1.54) is 6.07 Å². The van der Waals surface area contributed by atoms with Crippen LogP contribution >= 0.6 is 0 Å². The van der Waals surface area contributed by atoms with Crippen molar-refractivity contribution in [2.75, 3.05) is 19.8 Å². The molecule has 0 aliphatic carbocycles. The summed E-state index contributed by atoms with van der Waals surface area (Å²) < 4.78 is 10.7. The molecular formula is C16H20N4O4. The molecule has 8 nitrogen and oxygen atoms in total. The Hall–Kier alpha value is -2.48. The van der Waals surface area contributed by atoms with Crippen molar-refractivity contribution < 1.29 is 14.1 Å². The number of carbonyl (C=O) groups is 1. The number of hydrogen-bond donors (Lipinski definition) is 1. The third-order valence-electron chi connectivity index (χ3n) is 3.94. The van der Waals surface area contributed by atoms with Crippen molar-refractivity contribution >= 4 is 5.91 Å². The van der Waals surface area contributed by atoms with E-state index in [4.69, 9.17) is 9.26 Å². The monoisotopic (exact) mass is 332 g/mol. The molecule has 1 aliphatic heterocycles. The summed E-state index contributed by atoms with van der Waals surface area (Å²) in [7, 11) is 0. The summed E-state index contributed by atoms with van der Waals surface area (Å²) in [4.78, 5) is 33.1. The van der Waals surface area contributed by atoms with E-state index in [0.29, 0.717) is 24.7 Å². The molecule has 1 aliphatic rings. The van der Waals surface area contributed by atoms with Gasteiger partial charge in [-0.25, -0.2) is 4.98 Å². The van der Waals surface area contributed by atoms with Crippen LogP contribution in [-0.2, 0) is 4.74 Å². The Labute approximate surface area is 138 Å². The van der Waals surface area contributed by atoms with Crippen LogP contribution in [-0.4, -0.2) is 45.7 Å². The van der Waals surface area contributed by atoms with Crippen LogP contribution in [0.4, 0.5) is 0 Å². The second-order valence-corrected chi connectivity index (χ2v) is 6.12. The number of hydrogen-bond acceptors (Lipinski definition) is 6. The van der Waals surface area contributed by atoms with Crippen molar-refractivity contribution in [2.45, 2.75) is 32.7 Å². The standard InChI is InChI=1S/C16H20N4O4/c1-9(2)11-6-14(24-19-11)16(22)20-4-5-23-8-13(20)12-7-15(21)18-10(3)17-12/h6-7,9,13H,4-5,8H2,1-3H3,(H,17,18,21). The van der Waals surface area contributed by atoms with Crippen LogP contribution in [0.2, 0.25) is 0 Å². The van der Waals surface area contributed by atoms with E-state index in [1.54, 1.807) is 17.9 Å². The van der Waals surface area contributed by atoms with Gasteiger partial charge in [-0.1, -0.05) is 19.0 Å². The molecule has 0 saturated carbocycles. The van der Waals surface area contributed by atoms with E-state index >= 15 is 0 Å². The number of morpholine rings is 1. The fraction of sp³-hybridized carbons (Fsp3) is 0.500. The Morgan fingerprint density at radius 3 is 2.88 bits per heavy atom. The van der Waals surface area contributed by atoms with Gasteiger partial charge in [-0.2, -0.15) is 0 Å². The first-order valence-electron chi connectivity index (χ1n) is 7.89. The Kier molecular flexibility index (Phi) is 4.48. The smallest absolute Gasteiger partial charge is 0.293 e. The van der Waals surface area contributed by atoms with E-state index < -0.39 is 6.04 Å². The molecule has 1 atom stereocenters. The van der Waals surface area contributed by atoms with E-state index in [0.717, 1.165) is 5.69 Å². The topological polar surface area (TPSA) is 101 Å². The van der Waals surface area contributed by atoms with Gasteiger partial charge in [0.2, 0.25) is 5.76 Å². The highest BCUT2D eigenvalue weighted by atomic mass is 16.5. The van der Waals surface area contributed by atoms with Gasteiger partial charge in [0, 0.05) is 18.7 Å². The molecule has 1 amide bonds. The van der Waals surface area contributed by atoms with Gasteiger partial charge >= 0.3 is 0 Å². The van der Waals surface area contributed by atoms with Crippen LogP contribution in [0.15, 0.2) is 21.5 Å². The van der Waals surface area contributed by atoms with Crippen molar-refractivity contribution in [3.63, 3.8) is 0 Å². The number of carbonyl (C=O) groups excluding carboxylic acids is 1. The molecule has 0 spiro atoms. The first-order chi connectivity index (χ1) is 11.5. The lowest BCUT2D eigenvalue weighted by molar-refractivity contribution is -0.00594. The zero-order valence-electron chi connectivity index (χ0n) is 13.9. The van der Waals surface area contributed by atoms with Crippen molar-refractivity contribution in [3.8, 4) is 0 Å². The number of nitrogens with zero attached hydrogens (tertiary/aromatic N) is 3. The number of nitrogens with one attached hydrogen (secondary N) is 1. The van der Waals surface area contributed by atoms with Gasteiger partial charge in [-0.15, -0.1) is 0 Å². The molecule has 0 bridgehead atoms. The summed E-state index contributed by atoms with van der Waals surface area (Å²) in [6.45, 7) is 6.77. The first kappa shape index (κ1) is 16.4. The van der Waals surface area contributed by atoms with E-state index in [-0.39, 0.29) is 29.8 Å². The lowest BCUT2D eigenvalue weighted by Gasteiger charge is -2.34. The van der Waals surface area contributed by atoms with Gasteiger partial charge in [-0.3, -0.25) is 9.59 Å². The third-order valence-corrected chi connectivity index (χ3v) is 3.94. The number of aromatic amines is 1. The highest BCUT2D eigenvalue weighted by Crippen LogP contribution is 2.25. The summed E-state index contributed by atoms with van der Waals surface area (Å²) in [6, 6.07) is 2.63. The minimum atomic E-state index is -0.431. The van der Waals surface area contributed by atoms with Gasteiger partial charge < -0.3 is 19.1 Å². The number of rotatable bonds is 3. The van der Waals surface area contributed by atoms with Crippen LogP contribution in [0.1, 0.15) is 53.6 Å². The highest BCUT2D eigenvalue weighted by Gasteiger charge is 2.32. The molecule has 0 radical (unpaired) electrons. The number of aryl methyl sites for hydroxylation is 1. The van der Waals surface area contributed by atoms with E-state index in [9.17, 15) is 9.59 Å². The van der Waals surface area contributed by atoms with Gasteiger partial charge in [0.15, 0.2) is 0 Å². The van der Waals surface area contributed by atoms with Crippen molar-refractivity contribution in [1.29, 1.82) is 0 Å². The largest absolute Gasteiger partial charge is 0.377 e. The Morgan fingerprint density at radius 1 is 1.42 bits per heavy atom. The zero-order valence-corrected chi connectivity index (χ0v) is 13.9. The molecule has 128 valence electrons. The average molecular weight is 332 g/mol. The highest BCUT2D eigenvalue weighted by molar-refractivity contribution is 5.91. The maximum absolute atomic E-state index is 12.8. The second-order valence-electron chi connectivity index (χ2n) is 6.12. The zero-order chi connectivity index (χ0) is 17.3. The Bertz CT molecular complexity index is 795. The van der Waals surface area contributed by atoms with Gasteiger partial charge in [0.25, 0.3) is 11.5 Å². The quantitative estimate of drug-likeness (QED) is 0.912.